The minimum Gasteiger partial charge on any atom is -0.477 e. The highest BCUT2D eigenvalue weighted by molar-refractivity contribution is 6.26. The Hall–Kier alpha value is -3.17. The van der Waals surface area contributed by atoms with E-state index in [-0.39, 0.29) is 17.7 Å². The Kier molecular flexibility index (Phi) is 4.38. The van der Waals surface area contributed by atoms with Gasteiger partial charge in [0.25, 0.3) is 0 Å². The summed E-state index contributed by atoms with van der Waals surface area (Å²) in [6, 6.07) is 3.61. The maximum Gasteiger partial charge on any atom is 0.345 e. The van der Waals surface area contributed by atoms with Crippen molar-refractivity contribution in [3.05, 3.63) is 47.3 Å². The topological polar surface area (TPSA) is 128 Å². The number of carbonyl (C=O) groups excluding carboxylic acids is 1. The summed E-state index contributed by atoms with van der Waals surface area (Å²) in [7, 11) is 0. The quantitative estimate of drug-likeness (QED) is 0.459. The molecule has 140 valence electrons. The number of hydrogen-bond acceptors (Lipinski definition) is 7. The number of nitrogens with zero attached hydrogens (tertiary/aromatic N) is 2. The molecule has 2 aromatic rings. The number of piperidine rings is 1. The summed E-state index contributed by atoms with van der Waals surface area (Å²) in [5.41, 5.74) is 3.76. The Morgan fingerprint density at radius 1 is 1.41 bits per heavy atom. The fourth-order valence-electron chi connectivity index (χ4n) is 3.16. The number of nitrogens with one attached hydrogen (secondary N) is 2. The molecule has 4 heterocycles. The molecule has 0 bridgehead atoms. The molecular formula is C18H18N4O5. The van der Waals surface area contributed by atoms with Crippen molar-refractivity contribution in [1.82, 2.24) is 20.4 Å². The molecule has 9 nitrogen and oxygen atoms in total. The molecule has 0 aliphatic carbocycles. The summed E-state index contributed by atoms with van der Waals surface area (Å²) in [6.45, 7) is 1.03. The number of hydrazine groups is 1. The van der Waals surface area contributed by atoms with Gasteiger partial charge in [0, 0.05) is 36.4 Å². The molecule has 4 rings (SSSR count). The minimum absolute atomic E-state index is 0.0725. The first-order chi connectivity index (χ1) is 13.0. The van der Waals surface area contributed by atoms with Gasteiger partial charge in [-0.3, -0.25) is 10.2 Å². The first kappa shape index (κ1) is 17.3. The number of allylic oxidation sites excluding steroid dienone is 1. The molecule has 2 aliphatic rings. The summed E-state index contributed by atoms with van der Waals surface area (Å²) in [5, 5.41) is 21.5. The number of aromatic amines is 1. The van der Waals surface area contributed by atoms with Crippen LogP contribution in [-0.4, -0.2) is 56.1 Å². The molecule has 1 fully saturated rings. The van der Waals surface area contributed by atoms with E-state index in [0.717, 1.165) is 5.39 Å². The number of rotatable bonds is 4. The van der Waals surface area contributed by atoms with E-state index < -0.39 is 17.3 Å². The first-order valence-corrected chi connectivity index (χ1v) is 8.56. The molecule has 0 atom stereocenters. The van der Waals surface area contributed by atoms with Crippen LogP contribution in [0.1, 0.15) is 18.4 Å². The normalized spacial score (nSPS) is 20.5. The summed E-state index contributed by atoms with van der Waals surface area (Å²) in [4.78, 5) is 31.3. The molecule has 2 aliphatic heterocycles. The Morgan fingerprint density at radius 3 is 2.93 bits per heavy atom. The molecule has 0 spiro atoms. The highest BCUT2D eigenvalue weighted by atomic mass is 16.5. The van der Waals surface area contributed by atoms with Crippen molar-refractivity contribution in [1.29, 1.82) is 0 Å². The van der Waals surface area contributed by atoms with E-state index in [1.54, 1.807) is 23.5 Å². The third kappa shape index (κ3) is 3.29. The Balaban J connectivity index is 1.60. The van der Waals surface area contributed by atoms with E-state index in [1.807, 2.05) is 6.07 Å². The maximum atomic E-state index is 12.6. The van der Waals surface area contributed by atoms with Crippen LogP contribution in [0.3, 0.4) is 0 Å². The SMILES string of the molecule is O=C(O)C1=C(NN2CCC(O)CC2)OC(=Cc2c[nH]c3ncccc23)C1=O. The van der Waals surface area contributed by atoms with Crippen LogP contribution in [0, 0.1) is 0 Å². The lowest BCUT2D eigenvalue weighted by atomic mass is 10.1. The van der Waals surface area contributed by atoms with Gasteiger partial charge in [0.05, 0.1) is 6.10 Å². The van der Waals surface area contributed by atoms with E-state index in [2.05, 4.69) is 15.4 Å². The molecule has 0 saturated carbocycles. The van der Waals surface area contributed by atoms with Crippen molar-refractivity contribution in [2.75, 3.05) is 13.1 Å². The molecule has 0 aromatic carbocycles. The number of aliphatic carboxylic acids is 1. The molecule has 2 aromatic heterocycles. The third-order valence-electron chi connectivity index (χ3n) is 4.60. The van der Waals surface area contributed by atoms with Gasteiger partial charge in [-0.2, -0.15) is 0 Å². The second-order valence-electron chi connectivity index (χ2n) is 6.42. The fourth-order valence-corrected chi connectivity index (χ4v) is 3.16. The lowest BCUT2D eigenvalue weighted by molar-refractivity contribution is -0.134. The number of aliphatic hydroxyl groups excluding tert-OH is 1. The highest BCUT2D eigenvalue weighted by Crippen LogP contribution is 2.28. The van der Waals surface area contributed by atoms with Crippen LogP contribution in [0.4, 0.5) is 0 Å². The van der Waals surface area contributed by atoms with Crippen LogP contribution in [-0.2, 0) is 14.3 Å². The van der Waals surface area contributed by atoms with Crippen LogP contribution >= 0.6 is 0 Å². The standard InChI is InChI=1S/C18H18N4O5/c23-11-3-6-22(7-4-11)21-17-14(18(25)26)15(24)13(27-17)8-10-9-20-16-12(10)2-1-5-19-16/h1-2,5,8-9,11,21,23H,3-4,6-7H2,(H,19,20)(H,25,26). The number of ketones is 1. The summed E-state index contributed by atoms with van der Waals surface area (Å²) in [6.07, 6.45) is 5.57. The number of carboxylic acid groups (broad SMARTS) is 1. The predicted octanol–water partition coefficient (Wildman–Crippen LogP) is 0.761. The van der Waals surface area contributed by atoms with Crippen molar-refractivity contribution < 1.29 is 24.5 Å². The van der Waals surface area contributed by atoms with E-state index in [0.29, 0.717) is 37.1 Å². The zero-order valence-corrected chi connectivity index (χ0v) is 14.3. The number of carboxylic acids is 1. The molecular weight excluding hydrogens is 352 g/mol. The molecule has 27 heavy (non-hydrogen) atoms. The number of H-pyrrole nitrogens is 1. The van der Waals surface area contributed by atoms with Gasteiger partial charge in [0.15, 0.2) is 11.3 Å². The van der Waals surface area contributed by atoms with Crippen molar-refractivity contribution in [3.8, 4) is 0 Å². The van der Waals surface area contributed by atoms with Crippen LogP contribution < -0.4 is 5.43 Å². The molecule has 9 heteroatoms. The van der Waals surface area contributed by atoms with E-state index in [1.165, 1.54) is 6.08 Å². The van der Waals surface area contributed by atoms with Gasteiger partial charge in [-0.05, 0) is 31.1 Å². The number of fused-ring (bicyclic) bond motifs is 1. The van der Waals surface area contributed by atoms with Crippen molar-refractivity contribution in [3.63, 3.8) is 0 Å². The number of ether oxygens (including phenoxy) is 1. The molecule has 0 amide bonds. The van der Waals surface area contributed by atoms with Crippen LogP contribution in [0.2, 0.25) is 0 Å². The van der Waals surface area contributed by atoms with E-state index >= 15 is 0 Å². The summed E-state index contributed by atoms with van der Waals surface area (Å²) >= 11 is 0. The molecule has 1 saturated heterocycles. The van der Waals surface area contributed by atoms with Gasteiger partial charge < -0.3 is 19.9 Å². The van der Waals surface area contributed by atoms with Crippen molar-refractivity contribution in [2.24, 2.45) is 0 Å². The van der Waals surface area contributed by atoms with Crippen LogP contribution in [0.15, 0.2) is 41.7 Å². The predicted molar refractivity (Wildman–Crippen MR) is 94.8 cm³/mol. The van der Waals surface area contributed by atoms with Gasteiger partial charge in [-0.1, -0.05) is 0 Å². The second kappa shape index (κ2) is 6.86. The third-order valence-corrected chi connectivity index (χ3v) is 4.60. The second-order valence-corrected chi connectivity index (χ2v) is 6.42. The average molecular weight is 370 g/mol. The summed E-state index contributed by atoms with van der Waals surface area (Å²) < 4.78 is 5.56. The minimum atomic E-state index is -1.36. The largest absolute Gasteiger partial charge is 0.477 e. The maximum absolute atomic E-state index is 12.6. The molecule has 0 radical (unpaired) electrons. The lowest BCUT2D eigenvalue weighted by Gasteiger charge is -2.30. The fraction of sp³-hybridized carbons (Fsp3) is 0.278. The van der Waals surface area contributed by atoms with Gasteiger partial charge in [0.1, 0.15) is 5.65 Å². The Bertz CT molecular complexity index is 969. The van der Waals surface area contributed by atoms with Crippen molar-refractivity contribution >= 4 is 28.9 Å². The molecule has 4 N–H and O–H groups in total. The first-order valence-electron chi connectivity index (χ1n) is 8.56. The number of hydrogen-bond donors (Lipinski definition) is 4. The monoisotopic (exact) mass is 370 g/mol. The Labute approximate surface area is 153 Å². The Morgan fingerprint density at radius 2 is 2.19 bits per heavy atom. The van der Waals surface area contributed by atoms with E-state index in [4.69, 9.17) is 4.74 Å². The number of pyridine rings is 1. The smallest absolute Gasteiger partial charge is 0.345 e. The van der Waals surface area contributed by atoms with Gasteiger partial charge in [0.2, 0.25) is 11.7 Å². The number of aromatic nitrogens is 2. The summed E-state index contributed by atoms with van der Waals surface area (Å²) in [5.74, 6) is -2.23. The average Bonchev–Trinajstić information content (AvgIpc) is 3.19. The number of aliphatic hydroxyl groups is 1. The lowest BCUT2D eigenvalue weighted by Crippen LogP contribution is -2.44. The zero-order valence-electron chi connectivity index (χ0n) is 14.3. The van der Waals surface area contributed by atoms with Gasteiger partial charge in [-0.15, -0.1) is 0 Å². The van der Waals surface area contributed by atoms with Crippen LogP contribution in [0.5, 0.6) is 0 Å². The van der Waals surface area contributed by atoms with Crippen molar-refractivity contribution in [2.45, 2.75) is 18.9 Å². The van der Waals surface area contributed by atoms with E-state index in [9.17, 15) is 19.8 Å². The highest BCUT2D eigenvalue weighted by Gasteiger charge is 2.37. The number of carbonyl (C=O) groups is 2. The van der Waals surface area contributed by atoms with Gasteiger partial charge in [-0.25, -0.2) is 14.8 Å². The molecule has 0 unspecified atom stereocenters. The zero-order chi connectivity index (χ0) is 19.0. The van der Waals surface area contributed by atoms with Crippen LogP contribution in [0.25, 0.3) is 17.1 Å². The number of Topliss-reactive ketones (excluding diaryl/α,β-unsaturated/α-hetero) is 1. The van der Waals surface area contributed by atoms with Gasteiger partial charge >= 0.3 is 5.97 Å².